The van der Waals surface area contributed by atoms with Gasteiger partial charge in [0.25, 0.3) is 0 Å². The van der Waals surface area contributed by atoms with Gasteiger partial charge in [0, 0.05) is 11.8 Å². The van der Waals surface area contributed by atoms with Crippen molar-refractivity contribution in [3.63, 3.8) is 0 Å². The van der Waals surface area contributed by atoms with Gasteiger partial charge < -0.3 is 0 Å². The predicted molar refractivity (Wildman–Crippen MR) is 61.4 cm³/mol. The van der Waals surface area contributed by atoms with Crippen LogP contribution < -0.4 is 0 Å². The molecule has 1 aromatic heterocycles. The number of carbonyl (C=O) groups excluding carboxylic acids is 1. The Morgan fingerprint density at radius 2 is 1.75 bits per heavy atom. The standard InChI is InChI=1S/C13H12N2O/c1-9-3-5-11(6-4-9)13(16)12-7-8-14-10(2)15-12/h3-8H,1-2H3. The number of ketones is 1. The van der Waals surface area contributed by atoms with E-state index in [4.69, 9.17) is 0 Å². The van der Waals surface area contributed by atoms with E-state index < -0.39 is 0 Å². The molecular weight excluding hydrogens is 200 g/mol. The van der Waals surface area contributed by atoms with Gasteiger partial charge in [-0.15, -0.1) is 0 Å². The summed E-state index contributed by atoms with van der Waals surface area (Å²) in [6, 6.07) is 9.10. The van der Waals surface area contributed by atoms with Crippen LogP contribution in [0.2, 0.25) is 0 Å². The monoisotopic (exact) mass is 212 g/mol. The molecule has 0 spiro atoms. The average Bonchev–Trinajstić information content (AvgIpc) is 2.29. The summed E-state index contributed by atoms with van der Waals surface area (Å²) >= 11 is 0. The molecule has 0 amide bonds. The van der Waals surface area contributed by atoms with Crippen molar-refractivity contribution < 1.29 is 4.79 Å². The summed E-state index contributed by atoms with van der Waals surface area (Å²) in [6.45, 7) is 3.76. The van der Waals surface area contributed by atoms with Crippen LogP contribution in [0.3, 0.4) is 0 Å². The first-order chi connectivity index (χ1) is 7.66. The van der Waals surface area contributed by atoms with Gasteiger partial charge in [-0.3, -0.25) is 4.79 Å². The zero-order valence-corrected chi connectivity index (χ0v) is 9.27. The summed E-state index contributed by atoms with van der Waals surface area (Å²) in [6.07, 6.45) is 1.60. The molecule has 0 N–H and O–H groups in total. The van der Waals surface area contributed by atoms with E-state index in [1.54, 1.807) is 19.2 Å². The lowest BCUT2D eigenvalue weighted by molar-refractivity contribution is 0.103. The molecule has 3 heteroatoms. The highest BCUT2D eigenvalue weighted by Crippen LogP contribution is 2.08. The van der Waals surface area contributed by atoms with Crippen LogP contribution in [-0.4, -0.2) is 15.8 Å². The van der Waals surface area contributed by atoms with Gasteiger partial charge in [-0.1, -0.05) is 29.8 Å². The highest BCUT2D eigenvalue weighted by atomic mass is 16.1. The molecule has 0 fully saturated rings. The van der Waals surface area contributed by atoms with Crippen molar-refractivity contribution in [1.29, 1.82) is 0 Å². The van der Waals surface area contributed by atoms with E-state index in [1.165, 1.54) is 0 Å². The van der Waals surface area contributed by atoms with Gasteiger partial charge >= 0.3 is 0 Å². The number of aryl methyl sites for hydroxylation is 2. The Labute approximate surface area is 94.2 Å². The summed E-state index contributed by atoms with van der Waals surface area (Å²) in [5.74, 6) is 0.545. The van der Waals surface area contributed by atoms with Crippen LogP contribution in [0, 0.1) is 13.8 Å². The van der Waals surface area contributed by atoms with Crippen molar-refractivity contribution >= 4 is 5.78 Å². The van der Waals surface area contributed by atoms with Gasteiger partial charge in [-0.2, -0.15) is 0 Å². The van der Waals surface area contributed by atoms with E-state index in [0.29, 0.717) is 17.1 Å². The Hall–Kier alpha value is -2.03. The normalized spacial score (nSPS) is 10.1. The summed E-state index contributed by atoms with van der Waals surface area (Å²) in [7, 11) is 0. The predicted octanol–water partition coefficient (Wildman–Crippen LogP) is 2.32. The molecule has 2 rings (SSSR count). The van der Waals surface area contributed by atoms with Gasteiger partial charge in [-0.25, -0.2) is 9.97 Å². The molecule has 0 unspecified atom stereocenters. The highest BCUT2D eigenvalue weighted by molar-refractivity contribution is 6.07. The lowest BCUT2D eigenvalue weighted by atomic mass is 10.1. The van der Waals surface area contributed by atoms with E-state index >= 15 is 0 Å². The van der Waals surface area contributed by atoms with Crippen LogP contribution in [0.1, 0.15) is 27.4 Å². The van der Waals surface area contributed by atoms with Crippen LogP contribution in [0.25, 0.3) is 0 Å². The maximum atomic E-state index is 12.0. The van der Waals surface area contributed by atoms with E-state index in [2.05, 4.69) is 9.97 Å². The van der Waals surface area contributed by atoms with Crippen LogP contribution >= 0.6 is 0 Å². The maximum absolute atomic E-state index is 12.0. The topological polar surface area (TPSA) is 42.9 Å². The summed E-state index contributed by atoms with van der Waals surface area (Å²) in [5, 5.41) is 0. The number of benzene rings is 1. The average molecular weight is 212 g/mol. The SMILES string of the molecule is Cc1ccc(C(=O)c2ccnc(C)n2)cc1. The van der Waals surface area contributed by atoms with E-state index in [1.807, 2.05) is 31.2 Å². The first-order valence-corrected chi connectivity index (χ1v) is 5.08. The fourth-order valence-corrected chi connectivity index (χ4v) is 1.44. The molecule has 16 heavy (non-hydrogen) atoms. The lowest BCUT2D eigenvalue weighted by Gasteiger charge is -2.01. The number of rotatable bonds is 2. The molecule has 0 atom stereocenters. The Morgan fingerprint density at radius 3 is 2.38 bits per heavy atom. The lowest BCUT2D eigenvalue weighted by Crippen LogP contribution is -2.05. The minimum Gasteiger partial charge on any atom is -0.287 e. The molecule has 0 saturated heterocycles. The second-order valence-corrected chi connectivity index (χ2v) is 3.68. The van der Waals surface area contributed by atoms with Crippen molar-refractivity contribution in [1.82, 2.24) is 9.97 Å². The van der Waals surface area contributed by atoms with Gasteiger partial charge in [0.1, 0.15) is 11.5 Å². The van der Waals surface area contributed by atoms with Crippen molar-refractivity contribution in [2.24, 2.45) is 0 Å². The van der Waals surface area contributed by atoms with E-state index in [0.717, 1.165) is 5.56 Å². The number of aromatic nitrogens is 2. The molecule has 0 bridgehead atoms. The molecule has 80 valence electrons. The van der Waals surface area contributed by atoms with Crippen molar-refractivity contribution in [3.8, 4) is 0 Å². The Kier molecular flexibility index (Phi) is 2.77. The third-order valence-electron chi connectivity index (χ3n) is 2.32. The van der Waals surface area contributed by atoms with Crippen LogP contribution in [0.5, 0.6) is 0 Å². The molecule has 0 radical (unpaired) electrons. The fourth-order valence-electron chi connectivity index (χ4n) is 1.44. The van der Waals surface area contributed by atoms with E-state index in [-0.39, 0.29) is 5.78 Å². The molecule has 1 heterocycles. The third kappa shape index (κ3) is 2.14. The molecule has 0 aliphatic carbocycles. The van der Waals surface area contributed by atoms with Crippen LogP contribution in [-0.2, 0) is 0 Å². The van der Waals surface area contributed by atoms with Gasteiger partial charge in [0.2, 0.25) is 5.78 Å². The number of hydrogen-bond acceptors (Lipinski definition) is 3. The molecule has 2 aromatic rings. The van der Waals surface area contributed by atoms with Crippen LogP contribution in [0.4, 0.5) is 0 Å². The Bertz CT molecular complexity index is 518. The van der Waals surface area contributed by atoms with Gasteiger partial charge in [0.05, 0.1) is 0 Å². The van der Waals surface area contributed by atoms with Crippen molar-refractivity contribution in [2.75, 3.05) is 0 Å². The minimum atomic E-state index is -0.0644. The molecule has 0 saturated carbocycles. The Morgan fingerprint density at radius 1 is 1.06 bits per heavy atom. The first kappa shape index (κ1) is 10.5. The zero-order valence-electron chi connectivity index (χ0n) is 9.27. The zero-order chi connectivity index (χ0) is 11.5. The van der Waals surface area contributed by atoms with Crippen molar-refractivity contribution in [3.05, 3.63) is 59.2 Å². The van der Waals surface area contributed by atoms with Gasteiger partial charge in [-0.05, 0) is 19.9 Å². The highest BCUT2D eigenvalue weighted by Gasteiger charge is 2.10. The number of nitrogens with zero attached hydrogens (tertiary/aromatic N) is 2. The molecule has 0 aliphatic rings. The maximum Gasteiger partial charge on any atom is 0.211 e. The minimum absolute atomic E-state index is 0.0644. The Balaban J connectivity index is 2.35. The fraction of sp³-hybridized carbons (Fsp3) is 0.154. The molecular formula is C13H12N2O. The second-order valence-electron chi connectivity index (χ2n) is 3.68. The third-order valence-corrected chi connectivity index (χ3v) is 2.32. The number of carbonyl (C=O) groups is 1. The van der Waals surface area contributed by atoms with Gasteiger partial charge in [0.15, 0.2) is 0 Å². The summed E-state index contributed by atoms with van der Waals surface area (Å²) in [5.41, 5.74) is 2.23. The molecule has 0 aliphatic heterocycles. The first-order valence-electron chi connectivity index (χ1n) is 5.08. The van der Waals surface area contributed by atoms with E-state index in [9.17, 15) is 4.79 Å². The smallest absolute Gasteiger partial charge is 0.211 e. The van der Waals surface area contributed by atoms with Crippen molar-refractivity contribution in [2.45, 2.75) is 13.8 Å². The summed E-state index contributed by atoms with van der Waals surface area (Å²) in [4.78, 5) is 20.1. The summed E-state index contributed by atoms with van der Waals surface area (Å²) < 4.78 is 0. The second kappa shape index (κ2) is 4.23. The molecule has 3 nitrogen and oxygen atoms in total. The molecule has 1 aromatic carbocycles. The van der Waals surface area contributed by atoms with Crippen LogP contribution in [0.15, 0.2) is 36.5 Å². The quantitative estimate of drug-likeness (QED) is 0.717. The number of hydrogen-bond donors (Lipinski definition) is 0. The largest absolute Gasteiger partial charge is 0.287 e.